The summed E-state index contributed by atoms with van der Waals surface area (Å²) in [7, 11) is 0. The fourth-order valence-corrected chi connectivity index (χ4v) is 3.68. The third kappa shape index (κ3) is 2.89. The number of allylic oxidation sites excluding steroid dienone is 1. The molecule has 0 amide bonds. The molecule has 0 aromatic rings. The van der Waals surface area contributed by atoms with Crippen LogP contribution in [0, 0.1) is 5.92 Å². The van der Waals surface area contributed by atoms with E-state index in [1.807, 2.05) is 6.08 Å². The maximum absolute atomic E-state index is 12.5. The second kappa shape index (κ2) is 6.33. The largest absolute Gasteiger partial charge is 0.459 e. The number of hydrogen-bond donors (Lipinski definition) is 1. The van der Waals surface area contributed by atoms with Crippen LogP contribution in [0.4, 0.5) is 0 Å². The summed E-state index contributed by atoms with van der Waals surface area (Å²) in [4.78, 5) is 27.1. The van der Waals surface area contributed by atoms with E-state index in [1.54, 1.807) is 19.9 Å². The van der Waals surface area contributed by atoms with Crippen molar-refractivity contribution in [1.29, 1.82) is 0 Å². The van der Waals surface area contributed by atoms with Crippen LogP contribution >= 0.6 is 0 Å². The summed E-state index contributed by atoms with van der Waals surface area (Å²) < 4.78 is 11.2. The molecule has 6 nitrogen and oxygen atoms in total. The van der Waals surface area contributed by atoms with Gasteiger partial charge < -0.3 is 14.6 Å². The lowest BCUT2D eigenvalue weighted by Crippen LogP contribution is -2.45. The highest BCUT2D eigenvalue weighted by molar-refractivity contribution is 5.89. The molecule has 24 heavy (non-hydrogen) atoms. The summed E-state index contributed by atoms with van der Waals surface area (Å²) >= 11 is 0. The Morgan fingerprint density at radius 3 is 2.88 bits per heavy atom. The second-order valence-corrected chi connectivity index (χ2v) is 7.09. The minimum atomic E-state index is -1.65. The van der Waals surface area contributed by atoms with Gasteiger partial charge in [0.25, 0.3) is 0 Å². The first-order valence-electron chi connectivity index (χ1n) is 8.53. The lowest BCUT2D eigenvalue weighted by molar-refractivity contribution is -0.169. The lowest BCUT2D eigenvalue weighted by atomic mass is 9.85. The first-order chi connectivity index (χ1) is 11.3. The highest BCUT2D eigenvalue weighted by Gasteiger charge is 2.45. The van der Waals surface area contributed by atoms with Crippen molar-refractivity contribution in [1.82, 2.24) is 4.90 Å². The molecule has 2 saturated heterocycles. The molecule has 1 N–H and O–H groups in total. The number of aliphatic hydroxyl groups is 1. The summed E-state index contributed by atoms with van der Waals surface area (Å²) in [5, 5.41) is 10.6. The van der Waals surface area contributed by atoms with Crippen molar-refractivity contribution in [3.8, 4) is 0 Å². The highest BCUT2D eigenvalue weighted by Crippen LogP contribution is 2.34. The third-order valence-electron chi connectivity index (χ3n) is 5.55. The third-order valence-corrected chi connectivity index (χ3v) is 5.55. The number of nitrogens with zero attached hydrogens (tertiary/aromatic N) is 1. The Morgan fingerprint density at radius 1 is 1.42 bits per heavy atom. The predicted octanol–water partition coefficient (Wildman–Crippen LogP) is 1.19. The van der Waals surface area contributed by atoms with Gasteiger partial charge in [0, 0.05) is 18.7 Å². The number of cyclic esters (lactones) is 1. The Morgan fingerprint density at radius 2 is 2.17 bits per heavy atom. The van der Waals surface area contributed by atoms with Gasteiger partial charge in [-0.25, -0.2) is 9.59 Å². The van der Waals surface area contributed by atoms with Crippen LogP contribution in [0.5, 0.6) is 0 Å². The van der Waals surface area contributed by atoms with Gasteiger partial charge in [0.2, 0.25) is 0 Å². The maximum atomic E-state index is 12.5. The fourth-order valence-electron chi connectivity index (χ4n) is 3.68. The van der Waals surface area contributed by atoms with Gasteiger partial charge in [-0.3, -0.25) is 4.90 Å². The van der Waals surface area contributed by atoms with Crippen LogP contribution in [-0.2, 0) is 19.1 Å². The average Bonchev–Trinajstić information content (AvgIpc) is 3.12. The molecule has 3 aliphatic rings. The SMILES string of the molecule is C/C=C1/C[C@@H](C)[C@@](C)(O)C(=O)OCC2=CCN3CC[C@@H](OC1=O)[C@@H]23. The monoisotopic (exact) mass is 335 g/mol. The molecule has 132 valence electrons. The molecule has 0 saturated carbocycles. The zero-order chi connectivity index (χ0) is 17.5. The van der Waals surface area contributed by atoms with Crippen LogP contribution in [0.1, 0.15) is 33.6 Å². The molecule has 0 spiro atoms. The van der Waals surface area contributed by atoms with Gasteiger partial charge in [-0.05, 0) is 38.2 Å². The van der Waals surface area contributed by atoms with Crippen molar-refractivity contribution in [2.75, 3.05) is 19.7 Å². The van der Waals surface area contributed by atoms with Crippen molar-refractivity contribution in [2.24, 2.45) is 5.92 Å². The smallest absolute Gasteiger partial charge is 0.338 e. The van der Waals surface area contributed by atoms with Gasteiger partial charge in [-0.1, -0.05) is 19.1 Å². The number of hydrogen-bond acceptors (Lipinski definition) is 6. The van der Waals surface area contributed by atoms with E-state index in [9.17, 15) is 14.7 Å². The van der Waals surface area contributed by atoms with Crippen molar-refractivity contribution >= 4 is 11.9 Å². The molecular formula is C18H25NO5. The summed E-state index contributed by atoms with van der Waals surface area (Å²) in [6, 6.07) is -0.0262. The fraction of sp³-hybridized carbons (Fsp3) is 0.667. The van der Waals surface area contributed by atoms with Gasteiger partial charge >= 0.3 is 11.9 Å². The van der Waals surface area contributed by atoms with E-state index in [-0.39, 0.29) is 31.1 Å². The van der Waals surface area contributed by atoms with Crippen LogP contribution in [0.25, 0.3) is 0 Å². The van der Waals surface area contributed by atoms with Crippen molar-refractivity contribution in [2.45, 2.75) is 51.4 Å². The zero-order valence-corrected chi connectivity index (χ0v) is 14.4. The van der Waals surface area contributed by atoms with E-state index in [0.29, 0.717) is 5.57 Å². The Bertz CT molecular complexity index is 607. The Hall–Kier alpha value is -1.66. The number of rotatable bonds is 0. The normalized spacial score (nSPS) is 39.6. The maximum Gasteiger partial charge on any atom is 0.338 e. The molecule has 0 bridgehead atoms. The van der Waals surface area contributed by atoms with Crippen molar-refractivity contribution in [3.63, 3.8) is 0 Å². The molecule has 3 rings (SSSR count). The summed E-state index contributed by atoms with van der Waals surface area (Å²) in [6.45, 7) is 6.71. The lowest BCUT2D eigenvalue weighted by Gasteiger charge is -2.31. The van der Waals surface area contributed by atoms with Gasteiger partial charge in [0.15, 0.2) is 5.60 Å². The summed E-state index contributed by atoms with van der Waals surface area (Å²) in [6.07, 6.45) is 4.56. The molecule has 4 atom stereocenters. The van der Waals surface area contributed by atoms with Crippen molar-refractivity contribution < 1.29 is 24.2 Å². The van der Waals surface area contributed by atoms with E-state index in [4.69, 9.17) is 9.47 Å². The molecule has 0 radical (unpaired) electrons. The topological polar surface area (TPSA) is 76.1 Å². The average molecular weight is 335 g/mol. The Kier molecular flexibility index (Phi) is 4.53. The molecule has 2 fully saturated rings. The van der Waals surface area contributed by atoms with Gasteiger partial charge in [-0.2, -0.15) is 0 Å². The Labute approximate surface area is 142 Å². The van der Waals surface area contributed by atoms with E-state index in [2.05, 4.69) is 4.90 Å². The van der Waals surface area contributed by atoms with Gasteiger partial charge in [0.05, 0.1) is 6.04 Å². The van der Waals surface area contributed by atoms with Crippen LogP contribution in [-0.4, -0.2) is 59.4 Å². The number of carbonyl (C=O) groups is 2. The molecule has 3 aliphatic heterocycles. The summed E-state index contributed by atoms with van der Waals surface area (Å²) in [5.74, 6) is -1.46. The minimum Gasteiger partial charge on any atom is -0.459 e. The van der Waals surface area contributed by atoms with Gasteiger partial charge in [-0.15, -0.1) is 0 Å². The first-order valence-corrected chi connectivity index (χ1v) is 8.53. The predicted molar refractivity (Wildman–Crippen MR) is 87.1 cm³/mol. The molecule has 3 heterocycles. The number of esters is 2. The van der Waals surface area contributed by atoms with Crippen LogP contribution < -0.4 is 0 Å². The van der Waals surface area contributed by atoms with Gasteiger partial charge in [0.1, 0.15) is 12.7 Å². The molecule has 6 heteroatoms. The van der Waals surface area contributed by atoms with E-state index in [1.165, 1.54) is 6.92 Å². The van der Waals surface area contributed by atoms with E-state index >= 15 is 0 Å². The molecule has 0 unspecified atom stereocenters. The summed E-state index contributed by atoms with van der Waals surface area (Å²) in [5.41, 5.74) is -0.218. The Balaban J connectivity index is 1.91. The molecule has 0 aromatic heterocycles. The standard InChI is InChI=1S/C18H25NO5/c1-4-12-9-11(2)18(3,22)17(21)23-10-13-5-7-19-8-6-14(15(13)19)24-16(12)20/h4-5,11,14-15,22H,6-10H2,1-3H3/b12-4-/t11-,14-,15-,18-/m1/s1. The quantitative estimate of drug-likeness (QED) is 0.407. The number of ether oxygens (including phenoxy) is 2. The molecule has 0 aromatic carbocycles. The first kappa shape index (κ1) is 17.2. The molecule has 0 aliphatic carbocycles. The highest BCUT2D eigenvalue weighted by atomic mass is 16.6. The zero-order valence-electron chi connectivity index (χ0n) is 14.4. The minimum absolute atomic E-state index is 0.0262. The molecular weight excluding hydrogens is 310 g/mol. The number of carbonyl (C=O) groups excluding carboxylic acids is 2. The van der Waals surface area contributed by atoms with Crippen molar-refractivity contribution in [3.05, 3.63) is 23.3 Å². The van der Waals surface area contributed by atoms with Crippen LogP contribution in [0.15, 0.2) is 23.3 Å². The van der Waals surface area contributed by atoms with E-state index < -0.39 is 17.5 Å². The van der Waals surface area contributed by atoms with Crippen LogP contribution in [0.3, 0.4) is 0 Å². The van der Waals surface area contributed by atoms with Crippen LogP contribution in [0.2, 0.25) is 0 Å². The van der Waals surface area contributed by atoms with E-state index in [0.717, 1.165) is 25.1 Å². The second-order valence-electron chi connectivity index (χ2n) is 7.09.